The predicted molar refractivity (Wildman–Crippen MR) is 108 cm³/mol. The Morgan fingerprint density at radius 1 is 0.889 bits per heavy atom. The van der Waals surface area contributed by atoms with E-state index in [2.05, 4.69) is 82.3 Å². The Bertz CT molecular complexity index is 983. The minimum Gasteiger partial charge on any atom is -0.308 e. The van der Waals surface area contributed by atoms with Crippen LogP contribution >= 0.6 is 0 Å². The van der Waals surface area contributed by atoms with Gasteiger partial charge in [-0.3, -0.25) is 9.78 Å². The van der Waals surface area contributed by atoms with Gasteiger partial charge in [0.1, 0.15) is 0 Å². The van der Waals surface area contributed by atoms with Gasteiger partial charge in [-0.1, -0.05) is 54.6 Å². The number of aryl methyl sites for hydroxylation is 1. The van der Waals surface area contributed by atoms with E-state index in [1.54, 1.807) is 0 Å². The second-order valence-corrected chi connectivity index (χ2v) is 6.52. The van der Waals surface area contributed by atoms with E-state index < -0.39 is 0 Å². The zero-order chi connectivity index (χ0) is 18.5. The molecule has 0 saturated carbocycles. The van der Waals surface area contributed by atoms with Crippen LogP contribution in [0.15, 0.2) is 73.2 Å². The van der Waals surface area contributed by atoms with Crippen LogP contribution < -0.4 is 5.32 Å². The zero-order valence-electron chi connectivity index (χ0n) is 15.4. The molecule has 4 rings (SSSR count). The van der Waals surface area contributed by atoms with Crippen molar-refractivity contribution in [3.05, 3.63) is 84.3 Å². The second kappa shape index (κ2) is 8.01. The highest BCUT2D eigenvalue weighted by Gasteiger charge is 2.08. The molecule has 5 heteroatoms. The van der Waals surface area contributed by atoms with Crippen LogP contribution in [-0.2, 0) is 19.6 Å². The van der Waals surface area contributed by atoms with E-state index in [4.69, 9.17) is 0 Å². The van der Waals surface area contributed by atoms with Crippen LogP contribution in [0.4, 0.5) is 0 Å². The number of nitrogens with one attached hydrogen (secondary N) is 2. The molecule has 0 aliphatic heterocycles. The Morgan fingerprint density at radius 2 is 1.63 bits per heavy atom. The fourth-order valence-corrected chi connectivity index (χ4v) is 3.17. The number of hydrogen-bond acceptors (Lipinski definition) is 3. The third kappa shape index (κ3) is 3.99. The van der Waals surface area contributed by atoms with Crippen molar-refractivity contribution in [3.8, 4) is 22.4 Å². The van der Waals surface area contributed by atoms with Gasteiger partial charge in [-0.25, -0.2) is 0 Å². The Kier molecular flexibility index (Phi) is 5.12. The number of nitrogens with zero attached hydrogens (tertiary/aromatic N) is 3. The summed E-state index contributed by atoms with van der Waals surface area (Å²) in [7, 11) is 0. The molecule has 0 radical (unpaired) electrons. The first-order valence-corrected chi connectivity index (χ1v) is 9.23. The lowest BCUT2D eigenvalue weighted by Gasteiger charge is -2.07. The normalized spacial score (nSPS) is 11.0. The SMILES string of the molecule is CCn1cc(CNCc2cn[nH]c2-c2ccc(-c3ccccc3)cc2)cn1. The van der Waals surface area contributed by atoms with Gasteiger partial charge in [0.25, 0.3) is 0 Å². The lowest BCUT2D eigenvalue weighted by molar-refractivity contribution is 0.655. The molecule has 0 fully saturated rings. The van der Waals surface area contributed by atoms with Gasteiger partial charge in [0, 0.05) is 37.0 Å². The van der Waals surface area contributed by atoms with E-state index in [1.807, 2.05) is 23.1 Å². The van der Waals surface area contributed by atoms with Crippen molar-refractivity contribution in [3.63, 3.8) is 0 Å². The van der Waals surface area contributed by atoms with Crippen molar-refractivity contribution in [2.24, 2.45) is 0 Å². The Morgan fingerprint density at radius 3 is 2.37 bits per heavy atom. The summed E-state index contributed by atoms with van der Waals surface area (Å²) in [5, 5.41) is 15.2. The fraction of sp³-hybridized carbons (Fsp3) is 0.182. The van der Waals surface area contributed by atoms with Crippen LogP contribution in [0.2, 0.25) is 0 Å². The van der Waals surface area contributed by atoms with Crippen molar-refractivity contribution in [2.45, 2.75) is 26.6 Å². The summed E-state index contributed by atoms with van der Waals surface area (Å²) >= 11 is 0. The average Bonchev–Trinajstić information content (AvgIpc) is 3.38. The van der Waals surface area contributed by atoms with E-state index in [-0.39, 0.29) is 0 Å². The van der Waals surface area contributed by atoms with Crippen molar-refractivity contribution in [2.75, 3.05) is 0 Å². The first-order chi connectivity index (χ1) is 13.3. The van der Waals surface area contributed by atoms with Gasteiger partial charge in [0.2, 0.25) is 0 Å². The summed E-state index contributed by atoms with van der Waals surface area (Å²) in [4.78, 5) is 0. The van der Waals surface area contributed by atoms with E-state index in [1.165, 1.54) is 16.7 Å². The first-order valence-electron chi connectivity index (χ1n) is 9.23. The summed E-state index contributed by atoms with van der Waals surface area (Å²) in [5.74, 6) is 0. The van der Waals surface area contributed by atoms with Crippen LogP contribution in [0.3, 0.4) is 0 Å². The molecule has 136 valence electrons. The Hall–Kier alpha value is -3.18. The number of aromatic nitrogens is 4. The Labute approximate surface area is 159 Å². The largest absolute Gasteiger partial charge is 0.308 e. The van der Waals surface area contributed by atoms with Gasteiger partial charge in [0.15, 0.2) is 0 Å². The molecule has 0 amide bonds. The molecule has 0 bridgehead atoms. The van der Waals surface area contributed by atoms with Gasteiger partial charge in [-0.2, -0.15) is 10.2 Å². The van der Waals surface area contributed by atoms with E-state index >= 15 is 0 Å². The lowest BCUT2D eigenvalue weighted by Crippen LogP contribution is -2.12. The number of hydrogen-bond donors (Lipinski definition) is 2. The number of benzene rings is 2. The standard InChI is InChI=1S/C22H23N5/c1-2-27-16-17(13-25-27)12-23-14-21-15-24-26-22(21)20-10-8-19(9-11-20)18-6-4-3-5-7-18/h3-11,13,15-16,23H,2,12,14H2,1H3,(H,24,26). The number of H-pyrrole nitrogens is 1. The van der Waals surface area contributed by atoms with Crippen molar-refractivity contribution < 1.29 is 0 Å². The fourth-order valence-electron chi connectivity index (χ4n) is 3.17. The maximum absolute atomic E-state index is 4.31. The minimum atomic E-state index is 0.754. The highest BCUT2D eigenvalue weighted by atomic mass is 15.3. The summed E-state index contributed by atoms with van der Waals surface area (Å²) in [6, 6.07) is 19.0. The van der Waals surface area contributed by atoms with Crippen LogP contribution in [0.1, 0.15) is 18.1 Å². The maximum atomic E-state index is 4.31. The highest BCUT2D eigenvalue weighted by molar-refractivity contribution is 5.69. The molecule has 5 nitrogen and oxygen atoms in total. The van der Waals surface area contributed by atoms with Gasteiger partial charge in [0.05, 0.1) is 18.1 Å². The number of aromatic amines is 1. The lowest BCUT2D eigenvalue weighted by atomic mass is 10.0. The van der Waals surface area contributed by atoms with Gasteiger partial charge in [-0.15, -0.1) is 0 Å². The minimum absolute atomic E-state index is 0.754. The highest BCUT2D eigenvalue weighted by Crippen LogP contribution is 2.25. The smallest absolute Gasteiger partial charge is 0.0695 e. The van der Waals surface area contributed by atoms with Crippen molar-refractivity contribution >= 4 is 0 Å². The first kappa shape index (κ1) is 17.2. The molecule has 0 saturated heterocycles. The summed E-state index contributed by atoms with van der Waals surface area (Å²) in [5.41, 5.74) is 6.99. The van der Waals surface area contributed by atoms with E-state index in [0.29, 0.717) is 0 Å². The van der Waals surface area contributed by atoms with Crippen LogP contribution in [0, 0.1) is 0 Å². The molecule has 4 aromatic rings. The molecule has 2 N–H and O–H groups in total. The molecule has 2 heterocycles. The van der Waals surface area contributed by atoms with E-state index in [0.717, 1.165) is 36.5 Å². The molecule has 27 heavy (non-hydrogen) atoms. The molecule has 2 aromatic heterocycles. The van der Waals surface area contributed by atoms with Gasteiger partial charge < -0.3 is 5.32 Å². The zero-order valence-corrected chi connectivity index (χ0v) is 15.4. The molecular formula is C22H23N5. The molecule has 0 aliphatic carbocycles. The predicted octanol–water partition coefficient (Wildman–Crippen LogP) is 4.25. The van der Waals surface area contributed by atoms with Gasteiger partial charge >= 0.3 is 0 Å². The average molecular weight is 357 g/mol. The van der Waals surface area contributed by atoms with E-state index in [9.17, 15) is 0 Å². The molecule has 0 spiro atoms. The quantitative estimate of drug-likeness (QED) is 0.520. The number of rotatable bonds is 7. The third-order valence-electron chi connectivity index (χ3n) is 4.65. The van der Waals surface area contributed by atoms with Crippen LogP contribution in [-0.4, -0.2) is 20.0 Å². The van der Waals surface area contributed by atoms with Crippen molar-refractivity contribution in [1.82, 2.24) is 25.3 Å². The monoisotopic (exact) mass is 357 g/mol. The molecule has 0 unspecified atom stereocenters. The van der Waals surface area contributed by atoms with Crippen LogP contribution in [0.25, 0.3) is 22.4 Å². The van der Waals surface area contributed by atoms with Crippen LogP contribution in [0.5, 0.6) is 0 Å². The molecule has 0 aliphatic rings. The van der Waals surface area contributed by atoms with Gasteiger partial charge in [-0.05, 0) is 23.6 Å². The summed E-state index contributed by atoms with van der Waals surface area (Å²) < 4.78 is 1.94. The summed E-state index contributed by atoms with van der Waals surface area (Å²) in [6.07, 6.45) is 5.88. The third-order valence-corrected chi connectivity index (χ3v) is 4.65. The molecule has 0 atom stereocenters. The second-order valence-electron chi connectivity index (χ2n) is 6.52. The topological polar surface area (TPSA) is 58.5 Å². The van der Waals surface area contributed by atoms with Crippen molar-refractivity contribution in [1.29, 1.82) is 0 Å². The maximum Gasteiger partial charge on any atom is 0.0695 e. The Balaban J connectivity index is 1.43. The summed E-state index contributed by atoms with van der Waals surface area (Å²) in [6.45, 7) is 4.52. The molecular weight excluding hydrogens is 334 g/mol. The molecule has 2 aromatic carbocycles.